The Balaban J connectivity index is 2.91. The lowest BCUT2D eigenvalue weighted by Gasteiger charge is -1.91. The van der Waals surface area contributed by atoms with E-state index >= 15 is 0 Å². The van der Waals surface area contributed by atoms with Crippen molar-refractivity contribution in [3.8, 4) is 6.07 Å². The zero-order valence-electron chi connectivity index (χ0n) is 7.80. The van der Waals surface area contributed by atoms with E-state index in [9.17, 15) is 10.1 Å². The summed E-state index contributed by atoms with van der Waals surface area (Å²) in [4.78, 5) is 9.81. The molecule has 0 saturated heterocycles. The Morgan fingerprint density at radius 2 is 2.50 bits per heavy atom. The van der Waals surface area contributed by atoms with Crippen LogP contribution in [0.1, 0.15) is 25.3 Å². The van der Waals surface area contributed by atoms with E-state index in [2.05, 4.69) is 5.10 Å². The van der Waals surface area contributed by atoms with Gasteiger partial charge in [0, 0.05) is 0 Å². The summed E-state index contributed by atoms with van der Waals surface area (Å²) in [5.41, 5.74) is 0.0195. The summed E-state index contributed by atoms with van der Waals surface area (Å²) in [5.74, 6) is -0.358. The first-order valence-corrected chi connectivity index (χ1v) is 4.31. The average molecular weight is 194 g/mol. The van der Waals surface area contributed by atoms with E-state index in [1.807, 2.05) is 6.92 Å². The van der Waals surface area contributed by atoms with Gasteiger partial charge >= 0.3 is 5.82 Å². The third kappa shape index (κ3) is 2.07. The van der Waals surface area contributed by atoms with Crippen LogP contribution in [0.2, 0.25) is 0 Å². The topological polar surface area (TPSA) is 84.8 Å². The molecule has 6 heteroatoms. The molecule has 1 aromatic rings. The SMILES string of the molecule is CCCCn1cc(C#N)c([N+](=O)[O-])n1. The average Bonchev–Trinajstić information content (AvgIpc) is 2.57. The fourth-order valence-corrected chi connectivity index (χ4v) is 1.06. The number of nitro groups is 1. The van der Waals surface area contributed by atoms with E-state index in [1.54, 1.807) is 6.07 Å². The van der Waals surface area contributed by atoms with Gasteiger partial charge in [0.25, 0.3) is 0 Å². The first-order valence-electron chi connectivity index (χ1n) is 4.31. The largest absolute Gasteiger partial charge is 0.407 e. The summed E-state index contributed by atoms with van der Waals surface area (Å²) < 4.78 is 1.44. The maximum atomic E-state index is 10.4. The Bertz CT molecular complexity index is 377. The van der Waals surface area contributed by atoms with E-state index in [0.29, 0.717) is 6.54 Å². The molecule has 1 aromatic heterocycles. The quantitative estimate of drug-likeness (QED) is 0.536. The van der Waals surface area contributed by atoms with Crippen molar-refractivity contribution in [1.29, 1.82) is 5.26 Å². The van der Waals surface area contributed by atoms with Gasteiger partial charge in [-0.15, -0.1) is 0 Å². The highest BCUT2D eigenvalue weighted by Gasteiger charge is 2.19. The van der Waals surface area contributed by atoms with Crippen molar-refractivity contribution in [3.05, 3.63) is 21.9 Å². The second kappa shape index (κ2) is 4.37. The van der Waals surface area contributed by atoms with Crippen LogP contribution in [0.4, 0.5) is 5.82 Å². The number of nitrogens with zero attached hydrogens (tertiary/aromatic N) is 4. The molecule has 0 amide bonds. The summed E-state index contributed by atoms with van der Waals surface area (Å²) in [6.45, 7) is 2.63. The number of hydrogen-bond donors (Lipinski definition) is 0. The molecule has 0 radical (unpaired) electrons. The third-order valence-electron chi connectivity index (χ3n) is 1.78. The second-order valence-electron chi connectivity index (χ2n) is 2.85. The van der Waals surface area contributed by atoms with Crippen molar-refractivity contribution in [3.63, 3.8) is 0 Å². The molecule has 0 bridgehead atoms. The van der Waals surface area contributed by atoms with Crippen LogP contribution in [0.5, 0.6) is 0 Å². The molecule has 0 saturated carbocycles. The predicted molar refractivity (Wildman–Crippen MR) is 48.5 cm³/mol. The standard InChI is InChI=1S/C8H10N4O2/c1-2-3-4-11-6-7(5-9)8(10-11)12(13)14/h6H,2-4H2,1H3. The predicted octanol–water partition coefficient (Wildman–Crippen LogP) is 1.46. The van der Waals surface area contributed by atoms with E-state index < -0.39 is 4.92 Å². The zero-order chi connectivity index (χ0) is 10.6. The van der Waals surface area contributed by atoms with Crippen molar-refractivity contribution in [1.82, 2.24) is 9.78 Å². The van der Waals surface area contributed by atoms with Crippen LogP contribution in [0.25, 0.3) is 0 Å². The van der Waals surface area contributed by atoms with Gasteiger partial charge in [0.1, 0.15) is 6.07 Å². The van der Waals surface area contributed by atoms with Gasteiger partial charge in [0.15, 0.2) is 5.56 Å². The van der Waals surface area contributed by atoms with Crippen LogP contribution in [0, 0.1) is 21.4 Å². The fraction of sp³-hybridized carbons (Fsp3) is 0.500. The highest BCUT2D eigenvalue weighted by molar-refractivity contribution is 5.40. The lowest BCUT2D eigenvalue weighted by Crippen LogP contribution is -1.99. The minimum atomic E-state index is -0.638. The molecular weight excluding hydrogens is 184 g/mol. The van der Waals surface area contributed by atoms with Crippen molar-refractivity contribution in [2.75, 3.05) is 0 Å². The molecule has 0 aromatic carbocycles. The minimum absolute atomic E-state index is 0.0195. The van der Waals surface area contributed by atoms with Gasteiger partial charge < -0.3 is 10.1 Å². The highest BCUT2D eigenvalue weighted by atomic mass is 16.6. The Morgan fingerprint density at radius 3 is 2.93 bits per heavy atom. The van der Waals surface area contributed by atoms with Crippen molar-refractivity contribution in [2.45, 2.75) is 26.3 Å². The zero-order valence-corrected chi connectivity index (χ0v) is 7.80. The van der Waals surface area contributed by atoms with Crippen LogP contribution >= 0.6 is 0 Å². The van der Waals surface area contributed by atoms with Crippen LogP contribution in [0.3, 0.4) is 0 Å². The van der Waals surface area contributed by atoms with E-state index in [0.717, 1.165) is 12.8 Å². The first kappa shape index (κ1) is 10.2. The maximum absolute atomic E-state index is 10.4. The third-order valence-corrected chi connectivity index (χ3v) is 1.78. The Morgan fingerprint density at radius 1 is 1.79 bits per heavy atom. The van der Waals surface area contributed by atoms with Crippen molar-refractivity contribution < 1.29 is 4.92 Å². The summed E-state index contributed by atoms with van der Waals surface area (Å²) in [6.07, 6.45) is 3.28. The molecule has 1 rings (SSSR count). The van der Waals surface area contributed by atoms with Gasteiger partial charge in [0.05, 0.1) is 17.8 Å². The summed E-state index contributed by atoms with van der Waals surface area (Å²) in [6, 6.07) is 1.75. The number of aromatic nitrogens is 2. The van der Waals surface area contributed by atoms with Gasteiger partial charge in [-0.25, -0.2) is 0 Å². The first-order chi connectivity index (χ1) is 6.69. The molecular formula is C8H10N4O2. The molecule has 74 valence electrons. The number of aryl methyl sites for hydroxylation is 1. The smallest absolute Gasteiger partial charge is 0.358 e. The number of unbranched alkanes of at least 4 members (excludes halogenated alkanes) is 1. The Kier molecular flexibility index (Phi) is 3.18. The molecule has 0 fully saturated rings. The van der Waals surface area contributed by atoms with Crippen LogP contribution < -0.4 is 0 Å². The van der Waals surface area contributed by atoms with Gasteiger partial charge in [-0.05, 0) is 11.3 Å². The molecule has 0 aliphatic heterocycles. The molecule has 0 atom stereocenters. The molecule has 0 aliphatic rings. The lowest BCUT2D eigenvalue weighted by atomic mass is 10.3. The maximum Gasteiger partial charge on any atom is 0.407 e. The lowest BCUT2D eigenvalue weighted by molar-refractivity contribution is -0.390. The van der Waals surface area contributed by atoms with Crippen LogP contribution in [-0.4, -0.2) is 14.7 Å². The van der Waals surface area contributed by atoms with Gasteiger partial charge in [-0.3, -0.25) is 0 Å². The fourth-order valence-electron chi connectivity index (χ4n) is 1.06. The van der Waals surface area contributed by atoms with E-state index in [-0.39, 0.29) is 11.4 Å². The van der Waals surface area contributed by atoms with Gasteiger partial charge in [-0.2, -0.15) is 9.94 Å². The molecule has 0 aliphatic carbocycles. The van der Waals surface area contributed by atoms with Gasteiger partial charge in [-0.1, -0.05) is 13.3 Å². The van der Waals surface area contributed by atoms with E-state index in [1.165, 1.54) is 10.9 Å². The molecule has 14 heavy (non-hydrogen) atoms. The Labute approximate surface area is 80.9 Å². The number of rotatable bonds is 4. The van der Waals surface area contributed by atoms with Crippen molar-refractivity contribution >= 4 is 5.82 Å². The van der Waals surface area contributed by atoms with Crippen molar-refractivity contribution in [2.24, 2.45) is 0 Å². The molecule has 0 spiro atoms. The Hall–Kier alpha value is -1.90. The number of nitriles is 1. The molecule has 0 unspecified atom stereocenters. The summed E-state index contributed by atoms with van der Waals surface area (Å²) >= 11 is 0. The molecule has 6 nitrogen and oxygen atoms in total. The second-order valence-corrected chi connectivity index (χ2v) is 2.85. The van der Waals surface area contributed by atoms with E-state index in [4.69, 9.17) is 5.26 Å². The minimum Gasteiger partial charge on any atom is -0.358 e. The molecule has 0 N–H and O–H groups in total. The highest BCUT2D eigenvalue weighted by Crippen LogP contribution is 2.14. The van der Waals surface area contributed by atoms with Crippen LogP contribution in [-0.2, 0) is 6.54 Å². The van der Waals surface area contributed by atoms with Gasteiger partial charge in [0.2, 0.25) is 0 Å². The molecule has 1 heterocycles. The monoisotopic (exact) mass is 194 g/mol. The number of hydrogen-bond acceptors (Lipinski definition) is 4. The normalized spacial score (nSPS) is 9.71. The summed E-state index contributed by atoms with van der Waals surface area (Å²) in [7, 11) is 0. The summed E-state index contributed by atoms with van der Waals surface area (Å²) in [5, 5.41) is 22.8. The van der Waals surface area contributed by atoms with Crippen LogP contribution in [0.15, 0.2) is 6.20 Å².